The van der Waals surface area contributed by atoms with E-state index in [1.54, 1.807) is 10.9 Å². The lowest BCUT2D eigenvalue weighted by Gasteiger charge is -1.87. The number of nitrogens with zero attached hydrogens (tertiary/aromatic N) is 2. The average Bonchev–Trinajstić information content (AvgIpc) is 2.14. The second-order valence-electron chi connectivity index (χ2n) is 1.42. The van der Waals surface area contributed by atoms with E-state index in [9.17, 15) is 0 Å². The summed E-state index contributed by atoms with van der Waals surface area (Å²) in [5, 5.41) is 3.94. The quantitative estimate of drug-likeness (QED) is 0.630. The number of aromatic nitrogens is 2. The van der Waals surface area contributed by atoms with Crippen LogP contribution in [0.1, 0.15) is 0 Å². The van der Waals surface area contributed by atoms with Crippen LogP contribution in [0.15, 0.2) is 16.9 Å². The Kier molecular flexibility index (Phi) is 1.68. The van der Waals surface area contributed by atoms with Crippen LogP contribution in [-0.2, 0) is 6.54 Å². The second kappa shape index (κ2) is 2.31. The van der Waals surface area contributed by atoms with Crippen molar-refractivity contribution in [2.24, 2.45) is 0 Å². The predicted molar refractivity (Wildman–Crippen MR) is 35.3 cm³/mol. The lowest BCUT2D eigenvalue weighted by Crippen LogP contribution is -1.92. The Labute approximate surface area is 56.6 Å². The summed E-state index contributed by atoms with van der Waals surface area (Å²) in [6.45, 7) is 4.34. The molecule has 1 radical (unpaired) electrons. The van der Waals surface area contributed by atoms with Crippen molar-refractivity contribution in [2.75, 3.05) is 0 Å². The highest BCUT2D eigenvalue weighted by molar-refractivity contribution is 9.10. The van der Waals surface area contributed by atoms with Gasteiger partial charge in [-0.05, 0) is 22.9 Å². The van der Waals surface area contributed by atoms with Crippen LogP contribution in [0.4, 0.5) is 0 Å². The first kappa shape index (κ1) is 5.82. The Morgan fingerprint density at radius 3 is 2.88 bits per heavy atom. The minimum absolute atomic E-state index is 0.686. The Hall–Kier alpha value is -0.310. The van der Waals surface area contributed by atoms with Gasteiger partial charge in [0, 0.05) is 12.7 Å². The number of rotatable bonds is 1. The lowest BCUT2D eigenvalue weighted by atomic mass is 10.7. The van der Waals surface area contributed by atoms with E-state index in [1.165, 1.54) is 0 Å². The minimum atomic E-state index is 0.686. The van der Waals surface area contributed by atoms with Gasteiger partial charge < -0.3 is 0 Å². The summed E-state index contributed by atoms with van der Waals surface area (Å²) in [4.78, 5) is 0. The Morgan fingerprint density at radius 2 is 2.62 bits per heavy atom. The van der Waals surface area contributed by atoms with Crippen molar-refractivity contribution in [3.8, 4) is 0 Å². The Balaban J connectivity index is 2.84. The zero-order valence-electron chi connectivity index (χ0n) is 4.34. The number of halogens is 1. The second-order valence-corrected chi connectivity index (χ2v) is 2.34. The largest absolute Gasteiger partial charge is 0.272 e. The molecular formula is C5H6BrN2. The molecule has 0 bridgehead atoms. The zero-order chi connectivity index (χ0) is 5.98. The first-order chi connectivity index (χ1) is 3.83. The van der Waals surface area contributed by atoms with Gasteiger partial charge in [-0.15, -0.1) is 0 Å². The van der Waals surface area contributed by atoms with Crippen LogP contribution in [0.25, 0.3) is 0 Å². The normalized spacial score (nSPS) is 9.75. The van der Waals surface area contributed by atoms with Gasteiger partial charge in [0.2, 0.25) is 0 Å². The van der Waals surface area contributed by atoms with Gasteiger partial charge >= 0.3 is 0 Å². The summed E-state index contributed by atoms with van der Waals surface area (Å²) in [5.41, 5.74) is 0. The van der Waals surface area contributed by atoms with Crippen LogP contribution in [0, 0.1) is 6.92 Å². The maximum atomic E-state index is 3.94. The van der Waals surface area contributed by atoms with Gasteiger partial charge in [0.25, 0.3) is 0 Å². The van der Waals surface area contributed by atoms with Crippen molar-refractivity contribution in [3.63, 3.8) is 0 Å². The number of hydrogen-bond acceptors (Lipinski definition) is 1. The first-order valence-corrected chi connectivity index (χ1v) is 3.09. The molecule has 1 heterocycles. The summed E-state index contributed by atoms with van der Waals surface area (Å²) in [5.74, 6) is 0. The fourth-order valence-corrected chi connectivity index (χ4v) is 0.789. The maximum absolute atomic E-state index is 3.94. The van der Waals surface area contributed by atoms with Crippen molar-refractivity contribution < 1.29 is 0 Å². The molecule has 0 saturated heterocycles. The van der Waals surface area contributed by atoms with E-state index in [1.807, 2.05) is 6.20 Å². The van der Waals surface area contributed by atoms with E-state index in [2.05, 4.69) is 28.0 Å². The fraction of sp³-hybridized carbons (Fsp3) is 0.200. The minimum Gasteiger partial charge on any atom is -0.272 e. The molecule has 0 atom stereocenters. The molecule has 0 N–H and O–H groups in total. The summed E-state index contributed by atoms with van der Waals surface area (Å²) in [6, 6.07) is 0. The molecule has 1 aromatic rings. The summed E-state index contributed by atoms with van der Waals surface area (Å²) >= 11 is 3.26. The van der Waals surface area contributed by atoms with Gasteiger partial charge in [0.15, 0.2) is 0 Å². The molecule has 2 nitrogen and oxygen atoms in total. The van der Waals surface area contributed by atoms with E-state index in [0.29, 0.717) is 6.54 Å². The van der Waals surface area contributed by atoms with Gasteiger partial charge in [-0.3, -0.25) is 4.68 Å². The molecule has 1 rings (SSSR count). The van der Waals surface area contributed by atoms with Gasteiger partial charge in [-0.25, -0.2) is 0 Å². The molecular weight excluding hydrogens is 168 g/mol. The van der Waals surface area contributed by atoms with E-state index in [-0.39, 0.29) is 0 Å². The van der Waals surface area contributed by atoms with Crippen molar-refractivity contribution in [2.45, 2.75) is 6.54 Å². The Morgan fingerprint density at radius 1 is 1.88 bits per heavy atom. The molecule has 0 aromatic carbocycles. The molecule has 0 spiro atoms. The molecule has 8 heavy (non-hydrogen) atoms. The topological polar surface area (TPSA) is 17.8 Å². The van der Waals surface area contributed by atoms with Crippen LogP contribution in [0.3, 0.4) is 0 Å². The lowest BCUT2D eigenvalue weighted by molar-refractivity contribution is 0.699. The summed E-state index contributed by atoms with van der Waals surface area (Å²) in [6.07, 6.45) is 3.62. The van der Waals surface area contributed by atoms with Crippen molar-refractivity contribution in [3.05, 3.63) is 23.8 Å². The highest BCUT2D eigenvalue weighted by Crippen LogP contribution is 2.04. The van der Waals surface area contributed by atoms with Crippen molar-refractivity contribution in [1.29, 1.82) is 0 Å². The third kappa shape index (κ3) is 1.10. The molecule has 43 valence electrons. The van der Waals surface area contributed by atoms with E-state index in [4.69, 9.17) is 0 Å². The SMILES string of the molecule is [CH2]Cn1cc(Br)cn1. The van der Waals surface area contributed by atoms with Crippen LogP contribution in [0.2, 0.25) is 0 Å². The molecule has 0 aliphatic rings. The van der Waals surface area contributed by atoms with E-state index < -0.39 is 0 Å². The smallest absolute Gasteiger partial charge is 0.0632 e. The molecule has 0 amide bonds. The highest BCUT2D eigenvalue weighted by Gasteiger charge is 1.87. The molecule has 3 heteroatoms. The van der Waals surface area contributed by atoms with Gasteiger partial charge in [-0.1, -0.05) is 0 Å². The molecule has 0 saturated carbocycles. The predicted octanol–water partition coefficient (Wildman–Crippen LogP) is 1.48. The Bertz CT molecular complexity index is 171. The molecule has 0 aliphatic heterocycles. The molecule has 0 aliphatic carbocycles. The molecule has 0 fully saturated rings. The monoisotopic (exact) mass is 173 g/mol. The zero-order valence-corrected chi connectivity index (χ0v) is 5.93. The van der Waals surface area contributed by atoms with Crippen LogP contribution in [0.5, 0.6) is 0 Å². The van der Waals surface area contributed by atoms with Crippen LogP contribution in [-0.4, -0.2) is 9.78 Å². The third-order valence-electron chi connectivity index (χ3n) is 0.831. The van der Waals surface area contributed by atoms with E-state index >= 15 is 0 Å². The van der Waals surface area contributed by atoms with Crippen molar-refractivity contribution in [1.82, 2.24) is 9.78 Å². The van der Waals surface area contributed by atoms with E-state index in [0.717, 1.165) is 4.47 Å². The number of hydrogen-bond donors (Lipinski definition) is 0. The van der Waals surface area contributed by atoms with Crippen LogP contribution < -0.4 is 0 Å². The fourth-order valence-electron chi connectivity index (χ4n) is 0.461. The molecule has 0 unspecified atom stereocenters. The van der Waals surface area contributed by atoms with Crippen molar-refractivity contribution >= 4 is 15.9 Å². The molecule has 1 aromatic heterocycles. The van der Waals surface area contributed by atoms with Gasteiger partial charge in [-0.2, -0.15) is 5.10 Å². The first-order valence-electron chi connectivity index (χ1n) is 2.30. The third-order valence-corrected chi connectivity index (χ3v) is 1.24. The highest BCUT2D eigenvalue weighted by atomic mass is 79.9. The van der Waals surface area contributed by atoms with Gasteiger partial charge in [0.1, 0.15) is 0 Å². The summed E-state index contributed by atoms with van der Waals surface area (Å²) in [7, 11) is 0. The standard InChI is InChI=1S/C5H6BrN2/c1-2-8-4-5(6)3-7-8/h3-4H,1-2H2. The van der Waals surface area contributed by atoms with Crippen LogP contribution >= 0.6 is 15.9 Å². The van der Waals surface area contributed by atoms with Gasteiger partial charge in [0.05, 0.1) is 10.7 Å². The maximum Gasteiger partial charge on any atom is 0.0632 e. The average molecular weight is 174 g/mol. The summed E-state index contributed by atoms with van der Waals surface area (Å²) < 4.78 is 2.76.